The van der Waals surface area contributed by atoms with Crippen molar-refractivity contribution in [2.45, 2.75) is 26.0 Å². The average molecular weight is 276 g/mol. The number of rotatable bonds is 5. The van der Waals surface area contributed by atoms with Crippen molar-refractivity contribution in [3.63, 3.8) is 0 Å². The van der Waals surface area contributed by atoms with E-state index >= 15 is 0 Å². The number of ether oxygens (including phenoxy) is 2. The fourth-order valence-electron chi connectivity index (χ4n) is 1.70. The Labute approximate surface area is 115 Å². The maximum absolute atomic E-state index is 10.0. The van der Waals surface area contributed by atoms with Gasteiger partial charge in [0.25, 0.3) is 0 Å². The number of methoxy groups -OCH3 is 2. The summed E-state index contributed by atoms with van der Waals surface area (Å²) in [6.45, 7) is 3.86. The van der Waals surface area contributed by atoms with Gasteiger partial charge in [0.2, 0.25) is 0 Å². The molecule has 0 saturated heterocycles. The smallest absolute Gasteiger partial charge is 0.123 e. The van der Waals surface area contributed by atoms with Crippen LogP contribution in [-0.4, -0.2) is 25.4 Å². The summed E-state index contributed by atoms with van der Waals surface area (Å²) in [5.74, 6) is 1.45. The predicted octanol–water partition coefficient (Wildman–Crippen LogP) is 2.14. The molecule has 0 spiro atoms. The molecule has 1 rings (SSSR count). The number of benzene rings is 1. The van der Waals surface area contributed by atoms with Crippen molar-refractivity contribution in [3.8, 4) is 11.5 Å². The Morgan fingerprint density at radius 2 is 1.78 bits per heavy atom. The Hall–Kier alpha value is -0.970. The van der Waals surface area contributed by atoms with Crippen LogP contribution in [0.3, 0.4) is 0 Å². The Balaban J connectivity index is 0.00000289. The number of nitrogens with two attached hydrogens (primary N) is 1. The van der Waals surface area contributed by atoms with Crippen LogP contribution in [0.2, 0.25) is 0 Å². The van der Waals surface area contributed by atoms with Crippen LogP contribution in [-0.2, 0) is 0 Å². The third kappa shape index (κ3) is 3.77. The molecule has 1 aromatic carbocycles. The SMILES string of the molecule is COc1ccc(OC)c([C@H](N)[C@H](O)C(C)C)c1.Cl. The highest BCUT2D eigenvalue weighted by molar-refractivity contribution is 5.85. The van der Waals surface area contributed by atoms with E-state index in [1.165, 1.54) is 0 Å². The predicted molar refractivity (Wildman–Crippen MR) is 74.6 cm³/mol. The fourth-order valence-corrected chi connectivity index (χ4v) is 1.70. The molecule has 2 atom stereocenters. The molecule has 0 heterocycles. The zero-order valence-electron chi connectivity index (χ0n) is 11.2. The van der Waals surface area contributed by atoms with Crippen molar-refractivity contribution in [1.29, 1.82) is 0 Å². The summed E-state index contributed by atoms with van der Waals surface area (Å²) in [4.78, 5) is 0. The van der Waals surface area contributed by atoms with E-state index in [-0.39, 0.29) is 18.3 Å². The first kappa shape index (κ1) is 17.0. The molecule has 0 aromatic heterocycles. The first-order valence-electron chi connectivity index (χ1n) is 5.66. The van der Waals surface area contributed by atoms with E-state index in [0.717, 1.165) is 5.56 Å². The molecule has 18 heavy (non-hydrogen) atoms. The van der Waals surface area contributed by atoms with Gasteiger partial charge in [0.15, 0.2) is 0 Å². The van der Waals surface area contributed by atoms with Gasteiger partial charge < -0.3 is 20.3 Å². The highest BCUT2D eigenvalue weighted by atomic mass is 35.5. The Bertz CT molecular complexity index is 371. The second-order valence-electron chi connectivity index (χ2n) is 4.37. The molecule has 0 aliphatic heterocycles. The molecule has 0 amide bonds. The lowest BCUT2D eigenvalue weighted by Gasteiger charge is -2.24. The third-order valence-corrected chi connectivity index (χ3v) is 2.85. The van der Waals surface area contributed by atoms with E-state index in [0.29, 0.717) is 11.5 Å². The first-order chi connectivity index (χ1) is 8.01. The standard InChI is InChI=1S/C13H21NO3.ClH/c1-8(2)13(15)12(14)10-7-9(16-3)5-6-11(10)17-4;/h5-8,12-13,15H,14H2,1-4H3;1H/t12-,13+;/m0./s1. The zero-order valence-corrected chi connectivity index (χ0v) is 12.0. The molecule has 0 fully saturated rings. The van der Waals surface area contributed by atoms with Crippen molar-refractivity contribution >= 4 is 12.4 Å². The van der Waals surface area contributed by atoms with Crippen LogP contribution in [0.5, 0.6) is 11.5 Å². The Morgan fingerprint density at radius 3 is 2.22 bits per heavy atom. The highest BCUT2D eigenvalue weighted by Gasteiger charge is 2.23. The van der Waals surface area contributed by atoms with Crippen LogP contribution in [0.1, 0.15) is 25.5 Å². The van der Waals surface area contributed by atoms with E-state index in [1.54, 1.807) is 32.4 Å². The minimum Gasteiger partial charge on any atom is -0.497 e. The van der Waals surface area contributed by atoms with Crippen LogP contribution in [0, 0.1) is 5.92 Å². The highest BCUT2D eigenvalue weighted by Crippen LogP contribution is 2.31. The molecule has 0 aliphatic rings. The van der Waals surface area contributed by atoms with Gasteiger partial charge in [-0.3, -0.25) is 0 Å². The fraction of sp³-hybridized carbons (Fsp3) is 0.538. The minimum atomic E-state index is -0.615. The number of aliphatic hydroxyl groups is 1. The monoisotopic (exact) mass is 275 g/mol. The van der Waals surface area contributed by atoms with Gasteiger partial charge in [-0.25, -0.2) is 0 Å². The third-order valence-electron chi connectivity index (χ3n) is 2.85. The van der Waals surface area contributed by atoms with Gasteiger partial charge in [0.1, 0.15) is 11.5 Å². The summed E-state index contributed by atoms with van der Waals surface area (Å²) in [7, 11) is 3.18. The maximum atomic E-state index is 10.0. The molecule has 0 unspecified atom stereocenters. The van der Waals surface area contributed by atoms with Gasteiger partial charge in [-0.05, 0) is 24.1 Å². The molecule has 104 valence electrons. The normalized spacial score (nSPS) is 13.7. The molecule has 5 heteroatoms. The van der Waals surface area contributed by atoms with Gasteiger partial charge in [-0.15, -0.1) is 12.4 Å². The van der Waals surface area contributed by atoms with E-state index in [9.17, 15) is 5.11 Å². The first-order valence-corrected chi connectivity index (χ1v) is 5.66. The molecule has 0 bridgehead atoms. The molecule has 0 aliphatic carbocycles. The van der Waals surface area contributed by atoms with Gasteiger partial charge in [-0.1, -0.05) is 13.8 Å². The average Bonchev–Trinajstić information content (AvgIpc) is 2.35. The number of hydrogen-bond donors (Lipinski definition) is 2. The second-order valence-corrected chi connectivity index (χ2v) is 4.37. The lowest BCUT2D eigenvalue weighted by Crippen LogP contribution is -2.30. The van der Waals surface area contributed by atoms with Crippen LogP contribution in [0.4, 0.5) is 0 Å². The van der Waals surface area contributed by atoms with E-state index in [4.69, 9.17) is 15.2 Å². The molecule has 0 radical (unpaired) electrons. The summed E-state index contributed by atoms with van der Waals surface area (Å²) in [6.07, 6.45) is -0.615. The molecular formula is C13H22ClNO3. The van der Waals surface area contributed by atoms with E-state index < -0.39 is 12.1 Å². The number of aliphatic hydroxyl groups excluding tert-OH is 1. The summed E-state index contributed by atoms with van der Waals surface area (Å²) < 4.78 is 10.4. The quantitative estimate of drug-likeness (QED) is 0.864. The van der Waals surface area contributed by atoms with Gasteiger partial charge in [-0.2, -0.15) is 0 Å². The number of hydrogen-bond acceptors (Lipinski definition) is 4. The molecule has 0 saturated carbocycles. The van der Waals surface area contributed by atoms with Crippen molar-refractivity contribution < 1.29 is 14.6 Å². The second kappa shape index (κ2) is 7.46. The minimum absolute atomic E-state index is 0. The topological polar surface area (TPSA) is 64.7 Å². The van der Waals surface area contributed by atoms with Crippen molar-refractivity contribution in [2.75, 3.05) is 14.2 Å². The summed E-state index contributed by atoms with van der Waals surface area (Å²) in [5.41, 5.74) is 6.81. The van der Waals surface area contributed by atoms with Gasteiger partial charge >= 0.3 is 0 Å². The molecule has 4 nitrogen and oxygen atoms in total. The number of halogens is 1. The molecule has 1 aromatic rings. The van der Waals surface area contributed by atoms with Gasteiger partial charge in [0.05, 0.1) is 26.4 Å². The largest absolute Gasteiger partial charge is 0.497 e. The maximum Gasteiger partial charge on any atom is 0.123 e. The Kier molecular flexibility index (Phi) is 7.06. The van der Waals surface area contributed by atoms with Crippen molar-refractivity contribution in [3.05, 3.63) is 23.8 Å². The van der Waals surface area contributed by atoms with Crippen LogP contribution in [0.25, 0.3) is 0 Å². The van der Waals surface area contributed by atoms with E-state index in [1.807, 2.05) is 13.8 Å². The summed E-state index contributed by atoms with van der Waals surface area (Å²) >= 11 is 0. The van der Waals surface area contributed by atoms with Crippen molar-refractivity contribution in [2.24, 2.45) is 11.7 Å². The summed E-state index contributed by atoms with van der Waals surface area (Å²) in [6, 6.07) is 4.91. The lowest BCUT2D eigenvalue weighted by molar-refractivity contribution is 0.0968. The molecule has 3 N–H and O–H groups in total. The van der Waals surface area contributed by atoms with Crippen LogP contribution < -0.4 is 15.2 Å². The summed E-state index contributed by atoms with van der Waals surface area (Å²) in [5, 5.41) is 10.0. The van der Waals surface area contributed by atoms with E-state index in [2.05, 4.69) is 0 Å². The van der Waals surface area contributed by atoms with Gasteiger partial charge in [0, 0.05) is 5.56 Å². The van der Waals surface area contributed by atoms with Crippen LogP contribution >= 0.6 is 12.4 Å². The lowest BCUT2D eigenvalue weighted by atomic mass is 9.94. The Morgan fingerprint density at radius 1 is 1.17 bits per heavy atom. The molecular weight excluding hydrogens is 254 g/mol. The zero-order chi connectivity index (χ0) is 13.0. The van der Waals surface area contributed by atoms with Crippen LogP contribution in [0.15, 0.2) is 18.2 Å². The van der Waals surface area contributed by atoms with Crippen molar-refractivity contribution in [1.82, 2.24) is 0 Å².